The van der Waals surface area contributed by atoms with Gasteiger partial charge in [-0.05, 0) is 12.1 Å². The van der Waals surface area contributed by atoms with Crippen molar-refractivity contribution in [3.8, 4) is 0 Å². The molecule has 0 radical (unpaired) electrons. The van der Waals surface area contributed by atoms with Crippen molar-refractivity contribution in [2.75, 3.05) is 19.0 Å². The van der Waals surface area contributed by atoms with Gasteiger partial charge in [0, 0.05) is 32.2 Å². The second-order valence-corrected chi connectivity index (χ2v) is 4.43. The van der Waals surface area contributed by atoms with Gasteiger partial charge in [0.1, 0.15) is 0 Å². The van der Waals surface area contributed by atoms with Gasteiger partial charge in [0.05, 0.1) is 0 Å². The van der Waals surface area contributed by atoms with E-state index in [1.54, 1.807) is 12.4 Å². The number of aromatic nitrogens is 1. The lowest BCUT2D eigenvalue weighted by Gasteiger charge is -2.10. The van der Waals surface area contributed by atoms with Gasteiger partial charge < -0.3 is 4.90 Å². The summed E-state index contributed by atoms with van der Waals surface area (Å²) in [4.78, 5) is 5.94. The zero-order chi connectivity index (χ0) is 13.7. The minimum atomic E-state index is -5.84. The molecule has 0 aromatic carbocycles. The van der Waals surface area contributed by atoms with Gasteiger partial charge in [0.2, 0.25) is 0 Å². The molecule has 17 heavy (non-hydrogen) atoms. The number of alkyl halides is 3. The molecule has 0 saturated heterocycles. The Labute approximate surface area is 96.6 Å². The van der Waals surface area contributed by atoms with E-state index in [9.17, 15) is 13.2 Å². The Balaban J connectivity index is 0.000000304. The Bertz CT molecular complexity index is 431. The highest BCUT2D eigenvalue weighted by molar-refractivity contribution is 7.86. The van der Waals surface area contributed by atoms with E-state index >= 15 is 0 Å². The van der Waals surface area contributed by atoms with E-state index < -0.39 is 15.6 Å². The van der Waals surface area contributed by atoms with E-state index in [0.717, 1.165) is 0 Å². The lowest BCUT2D eigenvalue weighted by Crippen LogP contribution is -2.21. The van der Waals surface area contributed by atoms with Crippen LogP contribution in [-0.2, 0) is 10.1 Å². The predicted octanol–water partition coefficient (Wildman–Crippen LogP) is 1.54. The Kier molecular flexibility index (Phi) is 5.36. The first kappa shape index (κ1) is 15.7. The zero-order valence-corrected chi connectivity index (χ0v) is 9.83. The topological polar surface area (TPSA) is 70.5 Å². The summed E-state index contributed by atoms with van der Waals surface area (Å²) in [5.41, 5.74) is -4.35. The molecule has 9 heteroatoms. The molecular formula is C8H11F3N2O3S. The lowest BCUT2D eigenvalue weighted by atomic mass is 10.4. The van der Waals surface area contributed by atoms with Crippen molar-refractivity contribution >= 4 is 15.8 Å². The molecular weight excluding hydrogens is 261 g/mol. The summed E-state index contributed by atoms with van der Waals surface area (Å²) in [5, 5.41) is 0. The van der Waals surface area contributed by atoms with E-state index in [2.05, 4.69) is 4.98 Å². The van der Waals surface area contributed by atoms with Gasteiger partial charge in [-0.25, -0.2) is 0 Å². The first-order chi connectivity index (χ1) is 7.55. The molecule has 0 aliphatic carbocycles. The molecule has 0 fully saturated rings. The molecule has 1 rings (SSSR count). The fourth-order valence-corrected chi connectivity index (χ4v) is 0.642. The third kappa shape index (κ3) is 6.07. The number of rotatable bonds is 1. The predicted molar refractivity (Wildman–Crippen MR) is 56.2 cm³/mol. The molecule has 5 nitrogen and oxygen atoms in total. The Morgan fingerprint density at radius 3 is 1.76 bits per heavy atom. The molecule has 0 bridgehead atoms. The van der Waals surface area contributed by atoms with Crippen LogP contribution in [-0.4, -0.2) is 37.6 Å². The quantitative estimate of drug-likeness (QED) is 0.620. The second kappa shape index (κ2) is 5.82. The van der Waals surface area contributed by atoms with Crippen molar-refractivity contribution in [1.82, 2.24) is 4.98 Å². The van der Waals surface area contributed by atoms with Gasteiger partial charge in [-0.2, -0.15) is 21.6 Å². The van der Waals surface area contributed by atoms with Gasteiger partial charge in [0.25, 0.3) is 0 Å². The smallest absolute Gasteiger partial charge is 0.378 e. The maximum atomic E-state index is 10.7. The molecule has 0 aliphatic heterocycles. The highest BCUT2D eigenvalue weighted by atomic mass is 32.2. The Hall–Kier alpha value is -1.35. The molecule has 0 saturated carbocycles. The summed E-state index contributed by atoms with van der Waals surface area (Å²) in [6, 6.07) is 3.94. The Morgan fingerprint density at radius 2 is 1.59 bits per heavy atom. The van der Waals surface area contributed by atoms with Crippen LogP contribution in [0.3, 0.4) is 0 Å². The maximum absolute atomic E-state index is 10.7. The summed E-state index contributed by atoms with van der Waals surface area (Å²) in [6.07, 6.45) is 3.57. The number of halogens is 3. The van der Waals surface area contributed by atoms with E-state index in [4.69, 9.17) is 13.0 Å². The van der Waals surface area contributed by atoms with Crippen LogP contribution in [0.15, 0.2) is 24.5 Å². The van der Waals surface area contributed by atoms with Crippen molar-refractivity contribution in [1.29, 1.82) is 0 Å². The van der Waals surface area contributed by atoms with Gasteiger partial charge in [-0.1, -0.05) is 0 Å². The second-order valence-electron chi connectivity index (χ2n) is 3.02. The summed E-state index contributed by atoms with van der Waals surface area (Å²) >= 11 is 0. The standard InChI is InChI=1S/C7H10N2.CHF3O3S/c1-9(2)7-3-5-8-6-4-7;2-1(3,4)8(5,6)7/h3-6H,1-2H3;(H,5,6,7). The van der Waals surface area contributed by atoms with Crippen molar-refractivity contribution < 1.29 is 26.1 Å². The van der Waals surface area contributed by atoms with E-state index in [1.165, 1.54) is 5.69 Å². The van der Waals surface area contributed by atoms with Crippen LogP contribution < -0.4 is 4.90 Å². The van der Waals surface area contributed by atoms with Crippen LogP contribution in [0.25, 0.3) is 0 Å². The van der Waals surface area contributed by atoms with Crippen molar-refractivity contribution in [3.05, 3.63) is 24.5 Å². The number of hydrogen-bond acceptors (Lipinski definition) is 4. The molecule has 1 N–H and O–H groups in total. The van der Waals surface area contributed by atoms with E-state index in [1.807, 2.05) is 31.1 Å². The zero-order valence-electron chi connectivity index (χ0n) is 9.01. The van der Waals surface area contributed by atoms with E-state index in [0.29, 0.717) is 0 Å². The number of anilines is 1. The van der Waals surface area contributed by atoms with Crippen molar-refractivity contribution in [2.45, 2.75) is 5.51 Å². The van der Waals surface area contributed by atoms with Gasteiger partial charge in [-0.15, -0.1) is 0 Å². The average molecular weight is 272 g/mol. The number of pyridine rings is 1. The van der Waals surface area contributed by atoms with Crippen LogP contribution in [0.1, 0.15) is 0 Å². The third-order valence-corrected chi connectivity index (χ3v) is 2.06. The minimum Gasteiger partial charge on any atom is -0.378 e. The van der Waals surface area contributed by atoms with E-state index in [-0.39, 0.29) is 0 Å². The summed E-state index contributed by atoms with van der Waals surface area (Å²) in [5.74, 6) is 0. The van der Waals surface area contributed by atoms with Crippen molar-refractivity contribution in [2.24, 2.45) is 0 Å². The Morgan fingerprint density at radius 1 is 1.24 bits per heavy atom. The molecule has 0 atom stereocenters. The molecule has 98 valence electrons. The highest BCUT2D eigenvalue weighted by Crippen LogP contribution is 2.20. The van der Waals surface area contributed by atoms with Gasteiger partial charge in [-0.3, -0.25) is 9.54 Å². The minimum absolute atomic E-state index is 1.19. The van der Waals surface area contributed by atoms with Crippen LogP contribution >= 0.6 is 0 Å². The van der Waals surface area contributed by atoms with Crippen molar-refractivity contribution in [3.63, 3.8) is 0 Å². The molecule has 0 aliphatic rings. The monoisotopic (exact) mass is 272 g/mol. The maximum Gasteiger partial charge on any atom is 0.522 e. The summed E-state index contributed by atoms with van der Waals surface area (Å²) in [7, 11) is -1.82. The lowest BCUT2D eigenvalue weighted by molar-refractivity contribution is -0.0510. The first-order valence-electron chi connectivity index (χ1n) is 4.17. The molecule has 1 aromatic heterocycles. The fraction of sp³-hybridized carbons (Fsp3) is 0.375. The number of hydrogen-bond donors (Lipinski definition) is 1. The molecule has 0 spiro atoms. The largest absolute Gasteiger partial charge is 0.522 e. The van der Waals surface area contributed by atoms with Crippen LogP contribution in [0.5, 0.6) is 0 Å². The SMILES string of the molecule is CN(C)c1ccncc1.O=S(=O)(O)C(F)(F)F. The normalized spacial score (nSPS) is 11.4. The average Bonchev–Trinajstić information content (AvgIpc) is 2.17. The molecule has 1 heterocycles. The summed E-state index contributed by atoms with van der Waals surface area (Å²) in [6.45, 7) is 0. The van der Waals surface area contributed by atoms with Gasteiger partial charge >= 0.3 is 15.6 Å². The van der Waals surface area contributed by atoms with Crippen LogP contribution in [0, 0.1) is 0 Å². The molecule has 0 amide bonds. The van der Waals surface area contributed by atoms with Crippen LogP contribution in [0.2, 0.25) is 0 Å². The first-order valence-corrected chi connectivity index (χ1v) is 5.61. The fourth-order valence-electron chi connectivity index (χ4n) is 0.642. The third-order valence-electron chi connectivity index (χ3n) is 1.47. The van der Waals surface area contributed by atoms with Crippen LogP contribution in [0.4, 0.5) is 18.9 Å². The summed E-state index contributed by atoms with van der Waals surface area (Å²) < 4.78 is 57.5. The number of nitrogens with zero attached hydrogens (tertiary/aromatic N) is 2. The molecule has 0 unspecified atom stereocenters. The molecule has 1 aromatic rings. The van der Waals surface area contributed by atoms with Gasteiger partial charge in [0.15, 0.2) is 0 Å². The highest BCUT2D eigenvalue weighted by Gasteiger charge is 2.44.